The predicted octanol–water partition coefficient (Wildman–Crippen LogP) is 4.63. The lowest BCUT2D eigenvalue weighted by Crippen LogP contribution is -2.25. The molecule has 8 heteroatoms. The van der Waals surface area contributed by atoms with Crippen LogP contribution < -0.4 is 10.3 Å². The van der Waals surface area contributed by atoms with E-state index in [1.165, 1.54) is 0 Å². The molecule has 8 nitrogen and oxygen atoms in total. The lowest BCUT2D eigenvalue weighted by molar-refractivity contribution is 0.615. The Morgan fingerprint density at radius 2 is 1.77 bits per heavy atom. The van der Waals surface area contributed by atoms with Crippen molar-refractivity contribution in [2.45, 2.75) is 12.6 Å². The fourth-order valence-corrected chi connectivity index (χ4v) is 4.82. The number of furan rings is 1. The monoisotopic (exact) mass is 458 g/mol. The number of aromatic nitrogens is 5. The van der Waals surface area contributed by atoms with Gasteiger partial charge < -0.3 is 14.3 Å². The summed E-state index contributed by atoms with van der Waals surface area (Å²) in [5.41, 5.74) is 4.97. The van der Waals surface area contributed by atoms with Gasteiger partial charge in [-0.25, -0.2) is 19.9 Å². The van der Waals surface area contributed by atoms with E-state index in [1.54, 1.807) is 37.1 Å². The first-order valence-corrected chi connectivity index (χ1v) is 11.2. The zero-order chi connectivity index (χ0) is 23.4. The summed E-state index contributed by atoms with van der Waals surface area (Å²) in [4.78, 5) is 36.9. The van der Waals surface area contributed by atoms with Gasteiger partial charge in [0.05, 0.1) is 30.1 Å². The third kappa shape index (κ3) is 3.11. The molecule has 2 aromatic carbocycles. The maximum absolute atomic E-state index is 13.5. The molecule has 168 valence electrons. The molecule has 1 atom stereocenters. The quantitative estimate of drug-likeness (QED) is 0.413. The van der Waals surface area contributed by atoms with Gasteiger partial charge in [0.15, 0.2) is 11.3 Å². The smallest absolute Gasteiger partial charge is 0.226 e. The molecule has 0 saturated carbocycles. The van der Waals surface area contributed by atoms with E-state index in [-0.39, 0.29) is 11.5 Å². The number of aromatic amines is 1. The average molecular weight is 458 g/mol. The molecule has 1 aliphatic heterocycles. The summed E-state index contributed by atoms with van der Waals surface area (Å²) in [5, 5.41) is 1.67. The molecule has 0 saturated heterocycles. The van der Waals surface area contributed by atoms with Crippen molar-refractivity contribution in [2.24, 2.45) is 0 Å². The van der Waals surface area contributed by atoms with Gasteiger partial charge in [-0.15, -0.1) is 0 Å². The van der Waals surface area contributed by atoms with Crippen molar-refractivity contribution in [1.29, 1.82) is 0 Å². The van der Waals surface area contributed by atoms with Crippen LogP contribution in [-0.4, -0.2) is 24.9 Å². The van der Waals surface area contributed by atoms with E-state index in [0.717, 1.165) is 38.9 Å². The zero-order valence-corrected chi connectivity index (χ0v) is 18.4. The summed E-state index contributed by atoms with van der Waals surface area (Å²) < 4.78 is 5.54. The first-order chi connectivity index (χ1) is 17.3. The van der Waals surface area contributed by atoms with Crippen molar-refractivity contribution in [3.63, 3.8) is 0 Å². The number of pyridine rings is 1. The highest BCUT2D eigenvalue weighted by atomic mass is 16.3. The SMILES string of the molecule is O=c1c2c([nH]c3ccccc13)C(c1ccc3occc3c1)N(c1ncc(-c3ncccn3)cn1)C2. The molecule has 0 radical (unpaired) electrons. The van der Waals surface area contributed by atoms with E-state index >= 15 is 0 Å². The molecule has 1 aliphatic rings. The van der Waals surface area contributed by atoms with Crippen LogP contribution in [0.4, 0.5) is 5.95 Å². The predicted molar refractivity (Wildman–Crippen MR) is 132 cm³/mol. The summed E-state index contributed by atoms with van der Waals surface area (Å²) in [6.07, 6.45) is 8.49. The van der Waals surface area contributed by atoms with E-state index < -0.39 is 0 Å². The molecule has 6 aromatic rings. The minimum Gasteiger partial charge on any atom is -0.464 e. The number of hydrogen-bond donors (Lipinski definition) is 1. The van der Waals surface area contributed by atoms with Crippen molar-refractivity contribution in [2.75, 3.05) is 4.90 Å². The van der Waals surface area contributed by atoms with E-state index in [9.17, 15) is 4.79 Å². The Morgan fingerprint density at radius 1 is 0.943 bits per heavy atom. The molecule has 5 heterocycles. The minimum absolute atomic E-state index is 0.0283. The van der Waals surface area contributed by atoms with Gasteiger partial charge in [0, 0.05) is 46.6 Å². The number of nitrogens with zero attached hydrogens (tertiary/aromatic N) is 5. The van der Waals surface area contributed by atoms with Gasteiger partial charge in [0.1, 0.15) is 5.58 Å². The maximum atomic E-state index is 13.5. The van der Waals surface area contributed by atoms with Crippen LogP contribution in [0, 0.1) is 0 Å². The average Bonchev–Trinajstić information content (AvgIpc) is 3.54. The van der Waals surface area contributed by atoms with Crippen molar-refractivity contribution in [3.8, 4) is 11.4 Å². The van der Waals surface area contributed by atoms with Gasteiger partial charge in [0.2, 0.25) is 5.95 Å². The third-order valence-electron chi connectivity index (χ3n) is 6.47. The summed E-state index contributed by atoms with van der Waals surface area (Å²) in [5.74, 6) is 1.09. The molecule has 1 unspecified atom stereocenters. The Balaban J connectivity index is 1.39. The van der Waals surface area contributed by atoms with Crippen LogP contribution in [0.2, 0.25) is 0 Å². The molecule has 0 aliphatic carbocycles. The number of H-pyrrole nitrogens is 1. The largest absolute Gasteiger partial charge is 0.464 e. The topological polar surface area (TPSA) is 101 Å². The molecule has 1 N–H and O–H groups in total. The van der Waals surface area contributed by atoms with Crippen LogP contribution in [-0.2, 0) is 6.54 Å². The molecule has 0 bridgehead atoms. The first-order valence-electron chi connectivity index (χ1n) is 11.2. The Hall–Kier alpha value is -4.85. The van der Waals surface area contributed by atoms with E-state index in [2.05, 4.69) is 35.9 Å². The normalized spacial score (nSPS) is 15.1. The van der Waals surface area contributed by atoms with Crippen molar-refractivity contribution in [3.05, 3.63) is 113 Å². The summed E-state index contributed by atoms with van der Waals surface area (Å²) >= 11 is 0. The fourth-order valence-electron chi connectivity index (χ4n) is 4.82. The maximum Gasteiger partial charge on any atom is 0.226 e. The van der Waals surface area contributed by atoms with Crippen LogP contribution in [0.5, 0.6) is 0 Å². The summed E-state index contributed by atoms with van der Waals surface area (Å²) in [6, 6.07) is 17.1. The van der Waals surface area contributed by atoms with Gasteiger partial charge in [-0.05, 0) is 42.0 Å². The number of fused-ring (bicyclic) bond motifs is 3. The Bertz CT molecular complexity index is 1760. The van der Waals surface area contributed by atoms with Gasteiger partial charge >= 0.3 is 0 Å². The highest BCUT2D eigenvalue weighted by molar-refractivity contribution is 5.81. The summed E-state index contributed by atoms with van der Waals surface area (Å²) in [7, 11) is 0. The molecule has 0 amide bonds. The molecule has 0 fully saturated rings. The Labute approximate surface area is 199 Å². The van der Waals surface area contributed by atoms with Gasteiger partial charge in [-0.3, -0.25) is 4.79 Å². The van der Waals surface area contributed by atoms with Gasteiger partial charge in [-0.2, -0.15) is 0 Å². The van der Waals surface area contributed by atoms with E-state index in [0.29, 0.717) is 23.7 Å². The second-order valence-electron chi connectivity index (χ2n) is 8.48. The minimum atomic E-state index is -0.263. The number of benzene rings is 2. The van der Waals surface area contributed by atoms with Gasteiger partial charge in [0.25, 0.3) is 0 Å². The summed E-state index contributed by atoms with van der Waals surface area (Å²) in [6.45, 7) is 0.394. The zero-order valence-electron chi connectivity index (χ0n) is 18.4. The van der Waals surface area contributed by atoms with E-state index in [4.69, 9.17) is 4.42 Å². The molecular weight excluding hydrogens is 440 g/mol. The number of rotatable bonds is 3. The fraction of sp³-hybridized carbons (Fsp3) is 0.0741. The van der Waals surface area contributed by atoms with Crippen LogP contribution in [0.25, 0.3) is 33.3 Å². The number of nitrogens with one attached hydrogen (secondary N) is 1. The second kappa shape index (κ2) is 7.59. The molecule has 0 spiro atoms. The van der Waals surface area contributed by atoms with Crippen molar-refractivity contribution in [1.82, 2.24) is 24.9 Å². The standard InChI is InChI=1S/C27H18N6O2/c34-25-19-4-1-2-5-21(19)32-23-20(25)15-33(24(23)17-6-7-22-16(12-17)8-11-35-22)27-30-13-18(14-31-27)26-28-9-3-10-29-26/h1-14,24H,15H2,(H,32,34). The number of anilines is 1. The molecular formula is C27H18N6O2. The highest BCUT2D eigenvalue weighted by Gasteiger charge is 2.36. The van der Waals surface area contributed by atoms with Crippen LogP contribution in [0.3, 0.4) is 0 Å². The molecule has 35 heavy (non-hydrogen) atoms. The van der Waals surface area contributed by atoms with Crippen molar-refractivity contribution < 1.29 is 4.42 Å². The third-order valence-corrected chi connectivity index (χ3v) is 6.47. The Morgan fingerprint density at radius 3 is 2.63 bits per heavy atom. The first kappa shape index (κ1) is 19.6. The van der Waals surface area contributed by atoms with Crippen LogP contribution in [0.1, 0.15) is 22.9 Å². The molecule has 4 aromatic heterocycles. The van der Waals surface area contributed by atoms with Crippen LogP contribution >= 0.6 is 0 Å². The Kier molecular flexibility index (Phi) is 4.25. The van der Waals surface area contributed by atoms with Crippen LogP contribution in [0.15, 0.2) is 94.9 Å². The lowest BCUT2D eigenvalue weighted by Gasteiger charge is -2.25. The van der Waals surface area contributed by atoms with Crippen molar-refractivity contribution >= 4 is 27.8 Å². The second-order valence-corrected chi connectivity index (χ2v) is 8.48. The van der Waals surface area contributed by atoms with E-state index in [1.807, 2.05) is 42.5 Å². The number of para-hydroxylation sites is 1. The molecule has 7 rings (SSSR count). The lowest BCUT2D eigenvalue weighted by atomic mass is 10.00. The van der Waals surface area contributed by atoms with Gasteiger partial charge in [-0.1, -0.05) is 18.2 Å². The highest BCUT2D eigenvalue weighted by Crippen LogP contribution is 2.40. The number of hydrogen-bond acceptors (Lipinski definition) is 7.